The van der Waals surface area contributed by atoms with Crippen LogP contribution >= 0.6 is 11.8 Å². The highest BCUT2D eigenvalue weighted by Gasteiger charge is 2.31. The minimum absolute atomic E-state index is 0.109. The maximum atomic E-state index is 13.0. The number of anilines is 1. The SMILES string of the molecule is CSc1ccccc1N1C(=O)CN(Cc2ccc(Oc3ncccn3)cc2)C[C@H]1C. The van der Waals surface area contributed by atoms with Crippen LogP contribution in [0, 0.1) is 0 Å². The third kappa shape index (κ3) is 4.63. The lowest BCUT2D eigenvalue weighted by Gasteiger charge is -2.40. The van der Waals surface area contributed by atoms with Gasteiger partial charge in [0, 0.05) is 36.4 Å². The molecule has 0 N–H and O–H groups in total. The molecule has 0 radical (unpaired) electrons. The molecular formula is C23H24N4O2S. The van der Waals surface area contributed by atoms with E-state index < -0.39 is 0 Å². The van der Waals surface area contributed by atoms with Crippen LogP contribution in [0.5, 0.6) is 11.8 Å². The highest BCUT2D eigenvalue weighted by atomic mass is 32.2. The molecule has 1 saturated heterocycles. The van der Waals surface area contributed by atoms with Crippen molar-refractivity contribution in [3.8, 4) is 11.8 Å². The minimum Gasteiger partial charge on any atom is -0.424 e. The minimum atomic E-state index is 0.109. The van der Waals surface area contributed by atoms with E-state index in [9.17, 15) is 4.79 Å². The van der Waals surface area contributed by atoms with Crippen molar-refractivity contribution in [2.45, 2.75) is 24.4 Å². The molecule has 0 spiro atoms. The first-order valence-corrected chi connectivity index (χ1v) is 11.1. The number of hydrogen-bond donors (Lipinski definition) is 0. The zero-order chi connectivity index (χ0) is 20.9. The van der Waals surface area contributed by atoms with Gasteiger partial charge in [-0.2, -0.15) is 0 Å². The lowest BCUT2D eigenvalue weighted by molar-refractivity contribution is -0.122. The molecule has 1 aliphatic rings. The lowest BCUT2D eigenvalue weighted by atomic mass is 10.1. The topological polar surface area (TPSA) is 58.6 Å². The Morgan fingerprint density at radius 3 is 2.50 bits per heavy atom. The van der Waals surface area contributed by atoms with Gasteiger partial charge in [0.05, 0.1) is 12.2 Å². The highest BCUT2D eigenvalue weighted by molar-refractivity contribution is 7.98. The summed E-state index contributed by atoms with van der Waals surface area (Å²) in [6, 6.07) is 18.1. The third-order valence-corrected chi connectivity index (χ3v) is 5.80. The number of carbonyl (C=O) groups excluding carboxylic acids is 1. The molecule has 154 valence electrons. The van der Waals surface area contributed by atoms with Crippen molar-refractivity contribution in [1.82, 2.24) is 14.9 Å². The summed E-state index contributed by atoms with van der Waals surface area (Å²) >= 11 is 1.67. The fraction of sp³-hybridized carbons (Fsp3) is 0.261. The number of amides is 1. The lowest BCUT2D eigenvalue weighted by Crippen LogP contribution is -2.55. The Labute approximate surface area is 180 Å². The standard InChI is InChI=1S/C23H24N4O2S/c1-17-14-26(16-22(28)27(17)20-6-3-4-7-21(20)30-2)15-18-8-10-19(11-9-18)29-23-24-12-5-13-25-23/h3-13,17H,14-16H2,1-2H3/t17-/m1/s1. The molecule has 0 aliphatic carbocycles. The van der Waals surface area contributed by atoms with Gasteiger partial charge >= 0.3 is 6.01 Å². The second-order valence-corrected chi connectivity index (χ2v) is 8.08. The molecule has 3 aromatic rings. The maximum Gasteiger partial charge on any atom is 0.321 e. The van der Waals surface area contributed by atoms with Crippen LogP contribution < -0.4 is 9.64 Å². The van der Waals surface area contributed by atoms with Crippen LogP contribution in [0.3, 0.4) is 0 Å². The maximum absolute atomic E-state index is 13.0. The molecule has 0 bridgehead atoms. The number of benzene rings is 2. The fourth-order valence-corrected chi connectivity index (χ4v) is 4.31. The summed E-state index contributed by atoms with van der Waals surface area (Å²) in [6.07, 6.45) is 5.33. The summed E-state index contributed by atoms with van der Waals surface area (Å²) < 4.78 is 5.64. The summed E-state index contributed by atoms with van der Waals surface area (Å²) in [5.74, 6) is 0.823. The molecular weight excluding hydrogens is 396 g/mol. The second kappa shape index (κ2) is 9.28. The van der Waals surface area contributed by atoms with Gasteiger partial charge in [0.1, 0.15) is 5.75 Å². The van der Waals surface area contributed by atoms with Gasteiger partial charge < -0.3 is 9.64 Å². The summed E-state index contributed by atoms with van der Waals surface area (Å²) in [6.45, 7) is 4.06. The third-order valence-electron chi connectivity index (χ3n) is 5.02. The Hall–Kier alpha value is -2.90. The number of aromatic nitrogens is 2. The molecule has 1 aliphatic heterocycles. The van der Waals surface area contributed by atoms with Gasteiger partial charge in [0.25, 0.3) is 0 Å². The summed E-state index contributed by atoms with van der Waals surface area (Å²) in [5.41, 5.74) is 2.14. The van der Waals surface area contributed by atoms with Crippen LogP contribution in [-0.4, -0.2) is 46.2 Å². The molecule has 1 fully saturated rings. The van der Waals surface area contributed by atoms with Crippen LogP contribution in [-0.2, 0) is 11.3 Å². The first kappa shape index (κ1) is 20.4. The van der Waals surface area contributed by atoms with Gasteiger partial charge in [-0.1, -0.05) is 24.3 Å². The number of thioether (sulfide) groups is 1. The number of hydrogen-bond acceptors (Lipinski definition) is 6. The van der Waals surface area contributed by atoms with Crippen molar-refractivity contribution in [1.29, 1.82) is 0 Å². The van der Waals surface area contributed by atoms with Crippen LogP contribution in [0.1, 0.15) is 12.5 Å². The zero-order valence-corrected chi connectivity index (χ0v) is 17.9. The molecule has 30 heavy (non-hydrogen) atoms. The van der Waals surface area contributed by atoms with E-state index in [1.54, 1.807) is 30.2 Å². The summed E-state index contributed by atoms with van der Waals surface area (Å²) in [4.78, 5) is 26.4. The summed E-state index contributed by atoms with van der Waals surface area (Å²) in [7, 11) is 0. The van der Waals surface area contributed by atoms with E-state index in [2.05, 4.69) is 27.9 Å². The van der Waals surface area contributed by atoms with Crippen molar-refractivity contribution in [2.24, 2.45) is 0 Å². The predicted octanol–water partition coefficient (Wildman–Crippen LogP) is 4.23. The smallest absolute Gasteiger partial charge is 0.321 e. The number of piperazine rings is 1. The van der Waals surface area contributed by atoms with Gasteiger partial charge in [0.15, 0.2) is 0 Å². The van der Waals surface area contributed by atoms with Crippen molar-refractivity contribution in [3.63, 3.8) is 0 Å². The largest absolute Gasteiger partial charge is 0.424 e. The average molecular weight is 421 g/mol. The molecule has 2 aromatic carbocycles. The van der Waals surface area contributed by atoms with E-state index in [0.29, 0.717) is 18.3 Å². The molecule has 1 atom stereocenters. The number of rotatable bonds is 6. The monoisotopic (exact) mass is 420 g/mol. The van der Waals surface area contributed by atoms with E-state index >= 15 is 0 Å². The number of nitrogens with zero attached hydrogens (tertiary/aromatic N) is 4. The predicted molar refractivity (Wildman–Crippen MR) is 119 cm³/mol. The van der Waals surface area contributed by atoms with E-state index in [1.165, 1.54) is 0 Å². The van der Waals surface area contributed by atoms with Gasteiger partial charge in [-0.05, 0) is 49.1 Å². The van der Waals surface area contributed by atoms with Crippen LogP contribution in [0.25, 0.3) is 0 Å². The molecule has 7 heteroatoms. The molecule has 6 nitrogen and oxygen atoms in total. The fourth-order valence-electron chi connectivity index (χ4n) is 3.72. The van der Waals surface area contributed by atoms with E-state index in [-0.39, 0.29) is 11.9 Å². The average Bonchev–Trinajstić information content (AvgIpc) is 2.76. The Kier molecular flexibility index (Phi) is 6.30. The molecule has 0 saturated carbocycles. The Morgan fingerprint density at radius 1 is 1.07 bits per heavy atom. The first-order valence-electron chi connectivity index (χ1n) is 9.85. The summed E-state index contributed by atoms with van der Waals surface area (Å²) in [5, 5.41) is 0. The number of carbonyl (C=O) groups is 1. The molecule has 0 unspecified atom stereocenters. The number of ether oxygens (including phenoxy) is 1. The zero-order valence-electron chi connectivity index (χ0n) is 17.1. The van der Waals surface area contributed by atoms with Crippen molar-refractivity contribution >= 4 is 23.4 Å². The first-order chi connectivity index (χ1) is 14.6. The Morgan fingerprint density at radius 2 is 1.80 bits per heavy atom. The van der Waals surface area contributed by atoms with Gasteiger partial charge in [0.2, 0.25) is 5.91 Å². The quantitative estimate of drug-likeness (QED) is 0.556. The Balaban J connectivity index is 1.40. The van der Waals surface area contributed by atoms with Crippen molar-refractivity contribution in [2.75, 3.05) is 24.2 Å². The second-order valence-electron chi connectivity index (χ2n) is 7.23. The normalized spacial score (nSPS) is 17.2. The highest BCUT2D eigenvalue weighted by Crippen LogP contribution is 2.31. The van der Waals surface area contributed by atoms with Crippen LogP contribution in [0.15, 0.2) is 71.9 Å². The van der Waals surface area contributed by atoms with Crippen LogP contribution in [0.2, 0.25) is 0 Å². The molecule has 1 aromatic heterocycles. The molecule has 1 amide bonds. The van der Waals surface area contributed by atoms with E-state index in [4.69, 9.17) is 4.74 Å². The molecule has 2 heterocycles. The van der Waals surface area contributed by atoms with E-state index in [0.717, 1.165) is 29.2 Å². The Bertz CT molecular complexity index is 998. The van der Waals surface area contributed by atoms with Gasteiger partial charge in [-0.25, -0.2) is 9.97 Å². The number of para-hydroxylation sites is 1. The van der Waals surface area contributed by atoms with Gasteiger partial charge in [-0.3, -0.25) is 9.69 Å². The van der Waals surface area contributed by atoms with Crippen molar-refractivity contribution < 1.29 is 9.53 Å². The van der Waals surface area contributed by atoms with Crippen molar-refractivity contribution in [3.05, 3.63) is 72.6 Å². The van der Waals surface area contributed by atoms with Crippen LogP contribution in [0.4, 0.5) is 5.69 Å². The van der Waals surface area contributed by atoms with E-state index in [1.807, 2.05) is 53.6 Å². The molecule has 4 rings (SSSR count). The van der Waals surface area contributed by atoms with Gasteiger partial charge in [-0.15, -0.1) is 11.8 Å².